The van der Waals surface area contributed by atoms with E-state index in [0.29, 0.717) is 29.0 Å². The fourth-order valence-corrected chi connectivity index (χ4v) is 5.59. The van der Waals surface area contributed by atoms with Gasteiger partial charge in [-0.3, -0.25) is 9.59 Å². The molecule has 3 heterocycles. The Morgan fingerprint density at radius 1 is 1.16 bits per heavy atom. The van der Waals surface area contributed by atoms with Gasteiger partial charge in [-0.15, -0.1) is 11.3 Å². The van der Waals surface area contributed by atoms with E-state index in [-0.39, 0.29) is 23.7 Å². The number of hydrogen-bond acceptors (Lipinski definition) is 5. The first kappa shape index (κ1) is 21.0. The van der Waals surface area contributed by atoms with Gasteiger partial charge < -0.3 is 14.5 Å². The second kappa shape index (κ2) is 8.22. The third kappa shape index (κ3) is 3.87. The van der Waals surface area contributed by atoms with E-state index in [0.717, 1.165) is 29.2 Å². The number of carbonyl (C=O) groups is 2. The average molecular weight is 468 g/mol. The molecule has 3 aromatic rings. The highest BCUT2D eigenvalue weighted by atomic mass is 35.5. The van der Waals surface area contributed by atoms with Gasteiger partial charge in [-0.25, -0.2) is 4.98 Å². The van der Waals surface area contributed by atoms with Crippen molar-refractivity contribution in [2.75, 3.05) is 24.5 Å². The lowest BCUT2D eigenvalue weighted by Gasteiger charge is -2.25. The second-order valence-electron chi connectivity index (χ2n) is 8.28. The van der Waals surface area contributed by atoms with Gasteiger partial charge in [-0.1, -0.05) is 29.8 Å². The summed E-state index contributed by atoms with van der Waals surface area (Å²) in [6.07, 6.45) is 2.58. The fourth-order valence-electron chi connectivity index (χ4n) is 4.64. The van der Waals surface area contributed by atoms with Crippen molar-refractivity contribution in [1.29, 1.82) is 0 Å². The predicted molar refractivity (Wildman–Crippen MR) is 125 cm³/mol. The highest BCUT2D eigenvalue weighted by molar-refractivity contribution is 7.15. The van der Waals surface area contributed by atoms with Crippen molar-refractivity contribution in [3.63, 3.8) is 0 Å². The number of para-hydroxylation sites is 1. The third-order valence-corrected chi connectivity index (χ3v) is 7.31. The fraction of sp³-hybridized carbons (Fsp3) is 0.292. The first-order chi connectivity index (χ1) is 15.4. The molecule has 0 bridgehead atoms. The quantitative estimate of drug-likeness (QED) is 0.559. The molecule has 6 nitrogen and oxygen atoms in total. The average Bonchev–Trinajstić information content (AvgIpc) is 3.48. The number of halogens is 1. The molecule has 1 unspecified atom stereocenters. The molecule has 2 aromatic carbocycles. The molecule has 32 heavy (non-hydrogen) atoms. The number of thiazole rings is 1. The topological polar surface area (TPSA) is 62.7 Å². The molecule has 1 atom stereocenters. The molecule has 0 N–H and O–H groups in total. The number of carbonyl (C=O) groups excluding carboxylic acids is 2. The first-order valence-corrected chi connectivity index (χ1v) is 11.7. The Kier molecular flexibility index (Phi) is 5.39. The summed E-state index contributed by atoms with van der Waals surface area (Å²) in [6, 6.07) is 15.5. The summed E-state index contributed by atoms with van der Waals surface area (Å²) in [5.74, 6) is 1.51. The summed E-state index contributed by atoms with van der Waals surface area (Å²) < 4.78 is 6.64. The molecule has 1 aromatic heterocycles. The van der Waals surface area contributed by atoms with Gasteiger partial charge >= 0.3 is 0 Å². The number of anilines is 1. The Balaban J connectivity index is 1.48. The molecule has 5 rings (SSSR count). The molecule has 1 fully saturated rings. The molecule has 2 amide bonds. The van der Waals surface area contributed by atoms with Gasteiger partial charge in [0.15, 0.2) is 0 Å². The maximum absolute atomic E-state index is 13.3. The molecule has 0 saturated carbocycles. The van der Waals surface area contributed by atoms with Crippen molar-refractivity contribution in [3.05, 3.63) is 69.6 Å². The van der Waals surface area contributed by atoms with Gasteiger partial charge in [0.25, 0.3) is 0 Å². The zero-order valence-electron chi connectivity index (χ0n) is 17.6. The van der Waals surface area contributed by atoms with Crippen LogP contribution in [0, 0.1) is 0 Å². The van der Waals surface area contributed by atoms with E-state index in [1.165, 1.54) is 11.3 Å². The highest BCUT2D eigenvalue weighted by Gasteiger charge is 2.49. The van der Waals surface area contributed by atoms with E-state index >= 15 is 0 Å². The number of fused-ring (bicyclic) bond motifs is 2. The van der Waals surface area contributed by atoms with Gasteiger partial charge in [0.2, 0.25) is 11.8 Å². The number of rotatable bonds is 4. The Hall–Kier alpha value is -2.90. The van der Waals surface area contributed by atoms with Crippen molar-refractivity contribution in [3.8, 4) is 11.5 Å². The van der Waals surface area contributed by atoms with Crippen LogP contribution in [0.3, 0.4) is 0 Å². The summed E-state index contributed by atoms with van der Waals surface area (Å²) in [4.78, 5) is 33.3. The Morgan fingerprint density at radius 3 is 2.66 bits per heavy atom. The van der Waals surface area contributed by atoms with Crippen molar-refractivity contribution in [2.45, 2.75) is 25.2 Å². The van der Waals surface area contributed by atoms with Crippen molar-refractivity contribution in [1.82, 2.24) is 9.88 Å². The van der Waals surface area contributed by atoms with Crippen LogP contribution in [0.5, 0.6) is 11.5 Å². The van der Waals surface area contributed by atoms with Crippen LogP contribution >= 0.6 is 22.9 Å². The second-order valence-corrected chi connectivity index (χ2v) is 10.0. The van der Waals surface area contributed by atoms with Crippen LogP contribution in [0.15, 0.2) is 54.7 Å². The predicted octanol–water partition coefficient (Wildman–Crippen LogP) is 4.67. The molecule has 0 radical (unpaired) electrons. The monoisotopic (exact) mass is 467 g/mol. The van der Waals surface area contributed by atoms with Crippen LogP contribution in [-0.4, -0.2) is 41.3 Å². The van der Waals surface area contributed by atoms with Crippen LogP contribution in [0.1, 0.15) is 23.9 Å². The van der Waals surface area contributed by atoms with Crippen molar-refractivity contribution in [2.24, 2.45) is 0 Å². The van der Waals surface area contributed by atoms with Crippen LogP contribution in [0.25, 0.3) is 0 Å². The summed E-state index contributed by atoms with van der Waals surface area (Å²) >= 11 is 7.31. The minimum absolute atomic E-state index is 0.0212. The number of amides is 2. The maximum Gasteiger partial charge on any atom is 0.233 e. The molecule has 164 valence electrons. The number of likely N-dealkylation sites (tertiary alicyclic amines) is 1. The zero-order valence-corrected chi connectivity index (χ0v) is 19.2. The lowest BCUT2D eigenvalue weighted by molar-refractivity contribution is -0.127. The van der Waals surface area contributed by atoms with Gasteiger partial charge in [-0.05, 0) is 42.3 Å². The number of ether oxygens (including phenoxy) is 1. The minimum Gasteiger partial charge on any atom is -0.457 e. The molecule has 1 saturated heterocycles. The zero-order chi connectivity index (χ0) is 22.3. The third-order valence-electron chi connectivity index (χ3n) is 6.20. The summed E-state index contributed by atoms with van der Waals surface area (Å²) in [7, 11) is 0. The highest BCUT2D eigenvalue weighted by Crippen LogP contribution is 2.48. The number of nitrogens with zero attached hydrogens (tertiary/aromatic N) is 3. The van der Waals surface area contributed by atoms with E-state index in [2.05, 4.69) is 4.98 Å². The molecule has 2 aliphatic rings. The lowest BCUT2D eigenvalue weighted by atomic mass is 9.81. The van der Waals surface area contributed by atoms with Gasteiger partial charge in [-0.2, -0.15) is 0 Å². The van der Waals surface area contributed by atoms with Gasteiger partial charge in [0.1, 0.15) is 20.8 Å². The normalized spacial score (nSPS) is 19.4. The van der Waals surface area contributed by atoms with Gasteiger partial charge in [0, 0.05) is 37.7 Å². The largest absolute Gasteiger partial charge is 0.457 e. The Bertz CT molecular complexity index is 1180. The van der Waals surface area contributed by atoms with Crippen LogP contribution in [0.4, 0.5) is 5.69 Å². The molecule has 1 spiro atoms. The molecule has 0 aliphatic carbocycles. The van der Waals surface area contributed by atoms with Crippen molar-refractivity contribution < 1.29 is 14.3 Å². The molecule has 2 aliphatic heterocycles. The number of aromatic nitrogens is 1. The van der Waals surface area contributed by atoms with E-state index in [1.54, 1.807) is 13.1 Å². The molecular formula is C24H22ClN3O3S. The van der Waals surface area contributed by atoms with E-state index in [4.69, 9.17) is 16.3 Å². The summed E-state index contributed by atoms with van der Waals surface area (Å²) in [6.45, 7) is 3.41. The SMILES string of the molecule is CC(=O)N1CCC2(C1)CN(C(=O)Cc1ncc(Cl)s1)c1ccc(Oc3ccccc3)cc12. The van der Waals surface area contributed by atoms with Crippen LogP contribution in [-0.2, 0) is 21.4 Å². The van der Waals surface area contributed by atoms with E-state index < -0.39 is 0 Å². The molecule has 8 heteroatoms. The number of hydrogen-bond donors (Lipinski definition) is 0. The van der Waals surface area contributed by atoms with Gasteiger partial charge in [0.05, 0.1) is 12.6 Å². The van der Waals surface area contributed by atoms with E-state index in [9.17, 15) is 9.59 Å². The summed E-state index contributed by atoms with van der Waals surface area (Å²) in [5.41, 5.74) is 1.64. The standard InChI is InChI=1S/C24H22ClN3O3S/c1-16(29)27-10-9-24(14-27)15-28(23(30)12-22-26-13-21(25)32-22)20-8-7-18(11-19(20)24)31-17-5-3-2-4-6-17/h2-8,11,13H,9-10,12,14-15H2,1H3. The Morgan fingerprint density at radius 2 is 1.97 bits per heavy atom. The first-order valence-electron chi connectivity index (χ1n) is 10.5. The van der Waals surface area contributed by atoms with Crippen LogP contribution in [0.2, 0.25) is 4.34 Å². The number of benzene rings is 2. The Labute approximate surface area is 195 Å². The van der Waals surface area contributed by atoms with Crippen molar-refractivity contribution >= 4 is 40.4 Å². The maximum atomic E-state index is 13.3. The summed E-state index contributed by atoms with van der Waals surface area (Å²) in [5, 5.41) is 0.698. The lowest BCUT2D eigenvalue weighted by Crippen LogP contribution is -2.40. The van der Waals surface area contributed by atoms with Crippen LogP contribution < -0.4 is 9.64 Å². The molecular weight excluding hydrogens is 446 g/mol. The van der Waals surface area contributed by atoms with E-state index in [1.807, 2.05) is 58.3 Å². The minimum atomic E-state index is -0.298. The smallest absolute Gasteiger partial charge is 0.233 e.